The highest BCUT2D eigenvalue weighted by atomic mass is 16.4. The summed E-state index contributed by atoms with van der Waals surface area (Å²) in [5.41, 5.74) is 0.0930. The highest BCUT2D eigenvalue weighted by molar-refractivity contribution is 5.30. The number of nitrogens with one attached hydrogen (secondary N) is 1. The Kier molecular flexibility index (Phi) is 2.69. The number of aromatic nitrogens is 1. The fourth-order valence-electron chi connectivity index (χ4n) is 1.68. The van der Waals surface area contributed by atoms with Gasteiger partial charge in [0, 0.05) is 47.0 Å². The van der Waals surface area contributed by atoms with E-state index >= 15 is 0 Å². The summed E-state index contributed by atoms with van der Waals surface area (Å²) in [7, 11) is 0. The molecule has 0 radical (unpaired) electrons. The van der Waals surface area contributed by atoms with Crippen molar-refractivity contribution in [1.82, 2.24) is 5.32 Å². The van der Waals surface area contributed by atoms with E-state index in [1.807, 2.05) is 0 Å². The molecule has 1 aliphatic rings. The van der Waals surface area contributed by atoms with Gasteiger partial charge in [-0.05, 0) is 0 Å². The Labute approximate surface area is 90.9 Å². The van der Waals surface area contributed by atoms with E-state index < -0.39 is 0 Å². The number of piperazine rings is 1. The number of rotatable bonds is 1. The molecule has 0 aromatic carbocycles. The zero-order valence-corrected chi connectivity index (χ0v) is 9.79. The van der Waals surface area contributed by atoms with Crippen molar-refractivity contribution in [2.24, 2.45) is 0 Å². The Morgan fingerprint density at radius 2 is 2.00 bits per heavy atom. The second-order valence-electron chi connectivity index (χ2n) is 5.01. The Balaban J connectivity index is 2.12. The summed E-state index contributed by atoms with van der Waals surface area (Å²) in [6.07, 6.45) is 3.89. The van der Waals surface area contributed by atoms with Crippen molar-refractivity contribution in [3.8, 4) is 0 Å². The lowest BCUT2D eigenvalue weighted by molar-refractivity contribution is -0.756. The second kappa shape index (κ2) is 3.85. The van der Waals surface area contributed by atoms with Crippen LogP contribution in [0.5, 0.6) is 0 Å². The highest BCUT2D eigenvalue weighted by Crippen LogP contribution is 2.14. The zero-order valence-electron chi connectivity index (χ0n) is 9.79. The predicted octanol–water partition coefficient (Wildman–Crippen LogP) is 0.732. The number of hydrogen-bond acceptors (Lipinski definition) is 3. The van der Waals surface area contributed by atoms with Gasteiger partial charge in [-0.1, -0.05) is 0 Å². The van der Waals surface area contributed by atoms with E-state index in [0.29, 0.717) is 0 Å². The first-order valence-corrected chi connectivity index (χ1v) is 5.53. The van der Waals surface area contributed by atoms with Crippen molar-refractivity contribution in [1.29, 1.82) is 0 Å². The highest BCUT2D eigenvalue weighted by Gasteiger charge is 2.26. The van der Waals surface area contributed by atoms with Gasteiger partial charge < -0.3 is 14.6 Å². The largest absolute Gasteiger partial charge is 0.387 e. The van der Waals surface area contributed by atoms with Crippen LogP contribution in [0.4, 0.5) is 5.88 Å². The third kappa shape index (κ3) is 2.31. The van der Waals surface area contributed by atoms with Crippen molar-refractivity contribution >= 4 is 5.88 Å². The molecular formula is C11H20N3O+. The standard InChI is InChI=1S/C11H20N3O/c1-11(2,3)14-8-10(15-9-14)13-6-4-12-5-7-13/h8-9,12H,4-7H2,1-3H3/q+1. The van der Waals surface area contributed by atoms with Crippen molar-refractivity contribution in [2.75, 3.05) is 31.1 Å². The van der Waals surface area contributed by atoms with Gasteiger partial charge in [0.2, 0.25) is 6.20 Å². The van der Waals surface area contributed by atoms with Crippen molar-refractivity contribution in [3.05, 3.63) is 12.6 Å². The number of nitrogens with zero attached hydrogens (tertiary/aromatic N) is 2. The molecule has 0 atom stereocenters. The molecule has 1 aliphatic heterocycles. The molecule has 1 aromatic heterocycles. The number of anilines is 1. The average Bonchev–Trinajstić information content (AvgIpc) is 2.67. The smallest absolute Gasteiger partial charge is 0.336 e. The lowest BCUT2D eigenvalue weighted by atomic mass is 10.1. The molecule has 15 heavy (non-hydrogen) atoms. The molecule has 1 saturated heterocycles. The number of oxazole rings is 1. The van der Waals surface area contributed by atoms with Gasteiger partial charge >= 0.3 is 6.39 Å². The van der Waals surface area contributed by atoms with Crippen LogP contribution in [0.15, 0.2) is 17.0 Å². The molecule has 0 bridgehead atoms. The number of hydrogen-bond donors (Lipinski definition) is 1. The van der Waals surface area contributed by atoms with Crippen LogP contribution in [0.3, 0.4) is 0 Å². The van der Waals surface area contributed by atoms with Gasteiger partial charge in [0.05, 0.1) is 0 Å². The molecular weight excluding hydrogens is 190 g/mol. The minimum atomic E-state index is 0.0930. The van der Waals surface area contributed by atoms with E-state index in [0.717, 1.165) is 32.1 Å². The molecule has 0 unspecified atom stereocenters. The van der Waals surface area contributed by atoms with Crippen molar-refractivity contribution < 1.29 is 8.98 Å². The lowest BCUT2D eigenvalue weighted by Gasteiger charge is -2.25. The van der Waals surface area contributed by atoms with Gasteiger partial charge in [0.1, 0.15) is 0 Å². The first-order chi connectivity index (χ1) is 7.07. The van der Waals surface area contributed by atoms with Crippen LogP contribution < -0.4 is 14.8 Å². The Morgan fingerprint density at radius 3 is 2.53 bits per heavy atom. The van der Waals surface area contributed by atoms with Gasteiger partial charge in [0.25, 0.3) is 5.88 Å². The van der Waals surface area contributed by atoms with Gasteiger partial charge in [0.15, 0.2) is 5.54 Å². The Bertz CT molecular complexity index is 321. The van der Waals surface area contributed by atoms with Crippen LogP contribution in [0.25, 0.3) is 0 Å². The third-order valence-corrected chi connectivity index (χ3v) is 2.74. The van der Waals surface area contributed by atoms with E-state index in [4.69, 9.17) is 4.42 Å². The molecule has 0 amide bonds. The van der Waals surface area contributed by atoms with Crippen LogP contribution in [0.1, 0.15) is 20.8 Å². The van der Waals surface area contributed by atoms with E-state index in [2.05, 4.69) is 41.8 Å². The first-order valence-electron chi connectivity index (χ1n) is 5.53. The molecule has 1 fully saturated rings. The van der Waals surface area contributed by atoms with Crippen molar-refractivity contribution in [3.63, 3.8) is 0 Å². The molecule has 4 heteroatoms. The van der Waals surface area contributed by atoms with E-state index in [9.17, 15) is 0 Å². The summed E-state index contributed by atoms with van der Waals surface area (Å²) in [5.74, 6) is 0.978. The fraction of sp³-hybridized carbons (Fsp3) is 0.727. The maximum Gasteiger partial charge on any atom is 0.336 e. The van der Waals surface area contributed by atoms with Crippen LogP contribution in [-0.2, 0) is 5.54 Å². The summed E-state index contributed by atoms with van der Waals surface area (Å²) in [6.45, 7) is 10.6. The summed E-state index contributed by atoms with van der Waals surface area (Å²) in [4.78, 5) is 2.28. The van der Waals surface area contributed by atoms with Gasteiger partial charge in [-0.15, -0.1) is 0 Å². The molecule has 2 rings (SSSR count). The maximum absolute atomic E-state index is 5.59. The third-order valence-electron chi connectivity index (χ3n) is 2.74. The molecule has 0 aliphatic carbocycles. The monoisotopic (exact) mass is 210 g/mol. The van der Waals surface area contributed by atoms with E-state index in [1.165, 1.54) is 0 Å². The molecule has 1 aromatic rings. The Hall–Kier alpha value is -1.03. The molecule has 0 saturated carbocycles. The molecule has 84 valence electrons. The van der Waals surface area contributed by atoms with Gasteiger partial charge in [-0.25, -0.2) is 0 Å². The lowest BCUT2D eigenvalue weighted by Crippen LogP contribution is -2.48. The van der Waals surface area contributed by atoms with Crippen LogP contribution in [0.2, 0.25) is 0 Å². The van der Waals surface area contributed by atoms with Gasteiger partial charge in [-0.2, -0.15) is 4.57 Å². The predicted molar refractivity (Wildman–Crippen MR) is 59.0 cm³/mol. The normalized spacial score (nSPS) is 18.2. The minimum absolute atomic E-state index is 0.0930. The van der Waals surface area contributed by atoms with Crippen molar-refractivity contribution in [2.45, 2.75) is 26.3 Å². The topological polar surface area (TPSA) is 32.3 Å². The molecule has 4 nitrogen and oxygen atoms in total. The molecule has 0 spiro atoms. The van der Waals surface area contributed by atoms with E-state index in [-0.39, 0.29) is 5.54 Å². The summed E-state index contributed by atoms with van der Waals surface area (Å²) >= 11 is 0. The van der Waals surface area contributed by atoms with Crippen LogP contribution >= 0.6 is 0 Å². The maximum atomic E-state index is 5.59. The quantitative estimate of drug-likeness (QED) is 0.694. The minimum Gasteiger partial charge on any atom is -0.387 e. The average molecular weight is 210 g/mol. The molecule has 1 N–H and O–H groups in total. The summed E-state index contributed by atoms with van der Waals surface area (Å²) in [6, 6.07) is 0. The molecule has 2 heterocycles. The van der Waals surface area contributed by atoms with Crippen LogP contribution in [-0.4, -0.2) is 26.2 Å². The van der Waals surface area contributed by atoms with Crippen LogP contribution in [0, 0.1) is 0 Å². The van der Waals surface area contributed by atoms with Gasteiger partial charge in [-0.3, -0.25) is 0 Å². The zero-order chi connectivity index (χ0) is 10.9. The summed E-state index contributed by atoms with van der Waals surface area (Å²) < 4.78 is 7.71. The SMILES string of the molecule is CC(C)(C)[n+]1coc(N2CCNCC2)c1. The first kappa shape index (κ1) is 10.5. The Morgan fingerprint density at radius 1 is 1.33 bits per heavy atom. The summed E-state index contributed by atoms with van der Waals surface area (Å²) in [5, 5.41) is 3.33. The second-order valence-corrected chi connectivity index (χ2v) is 5.01. The van der Waals surface area contributed by atoms with E-state index in [1.54, 1.807) is 6.39 Å². The fourth-order valence-corrected chi connectivity index (χ4v) is 1.68.